The van der Waals surface area contributed by atoms with Gasteiger partial charge in [0, 0.05) is 30.8 Å². The van der Waals surface area contributed by atoms with Crippen molar-refractivity contribution in [3.8, 4) is 0 Å². The number of piperazine rings is 1. The van der Waals surface area contributed by atoms with Crippen LogP contribution in [0.2, 0.25) is 0 Å². The molecule has 0 radical (unpaired) electrons. The first kappa shape index (κ1) is 15.2. The molecule has 9 heteroatoms. The van der Waals surface area contributed by atoms with Crippen LogP contribution in [0.3, 0.4) is 0 Å². The monoisotopic (exact) mass is 334 g/mol. The van der Waals surface area contributed by atoms with E-state index in [-0.39, 0.29) is 41.3 Å². The molecule has 0 bridgehead atoms. The van der Waals surface area contributed by atoms with Crippen molar-refractivity contribution < 1.29 is 23.9 Å². The molecule has 1 aliphatic carbocycles. The molecule has 128 valence electrons. The number of nitrogens with zero attached hydrogens (tertiary/aromatic N) is 1. The molecule has 0 aromatic rings. The average Bonchev–Trinajstić information content (AvgIpc) is 3.16. The highest BCUT2D eigenvalue weighted by Crippen LogP contribution is 2.55. The first-order valence-corrected chi connectivity index (χ1v) is 7.65. The van der Waals surface area contributed by atoms with E-state index in [0.717, 1.165) is 0 Å². The Kier molecular flexibility index (Phi) is 2.89. The van der Waals surface area contributed by atoms with Crippen molar-refractivity contribution in [3.63, 3.8) is 0 Å². The van der Waals surface area contributed by atoms with Crippen LogP contribution in [0.4, 0.5) is 4.79 Å². The third-order valence-electron chi connectivity index (χ3n) is 5.47. The van der Waals surface area contributed by atoms with Gasteiger partial charge in [0.25, 0.3) is 0 Å². The van der Waals surface area contributed by atoms with Gasteiger partial charge in [0.05, 0.1) is 23.4 Å². The van der Waals surface area contributed by atoms with Gasteiger partial charge in [0.1, 0.15) is 6.61 Å². The topological polar surface area (TPSA) is 147 Å². The van der Waals surface area contributed by atoms with E-state index in [1.807, 2.05) is 4.90 Å². The van der Waals surface area contributed by atoms with Gasteiger partial charge in [-0.1, -0.05) is 0 Å². The molecular weight excluding hydrogens is 316 g/mol. The Morgan fingerprint density at radius 2 is 2.12 bits per heavy atom. The van der Waals surface area contributed by atoms with Crippen molar-refractivity contribution in [2.75, 3.05) is 20.3 Å². The van der Waals surface area contributed by atoms with Crippen LogP contribution in [0, 0.1) is 5.92 Å². The Hall–Kier alpha value is -2.39. The van der Waals surface area contributed by atoms with Crippen LogP contribution in [0.5, 0.6) is 0 Å². The maximum Gasteiger partial charge on any atom is 0.404 e. The van der Waals surface area contributed by atoms with Gasteiger partial charge in [-0.05, 0) is 6.92 Å². The minimum absolute atomic E-state index is 0.0586. The molecule has 0 aromatic heterocycles. The number of Topliss-reactive ketones (excluding diaryl/α,β-unsaturated/α-hetero) is 2. The number of amides is 1. The van der Waals surface area contributed by atoms with Gasteiger partial charge in [-0.25, -0.2) is 4.79 Å². The van der Waals surface area contributed by atoms with Crippen LogP contribution in [0.15, 0.2) is 22.5 Å². The number of ketones is 2. The van der Waals surface area contributed by atoms with E-state index in [2.05, 4.69) is 5.32 Å². The number of hydrogen-bond donors (Lipinski definition) is 3. The first-order chi connectivity index (χ1) is 11.3. The molecule has 5 N–H and O–H groups in total. The van der Waals surface area contributed by atoms with Gasteiger partial charge < -0.3 is 31.2 Å². The first-order valence-electron chi connectivity index (χ1n) is 7.65. The molecule has 9 nitrogen and oxygen atoms in total. The zero-order valence-electron chi connectivity index (χ0n) is 13.3. The summed E-state index contributed by atoms with van der Waals surface area (Å²) in [6, 6.07) is 0.109. The van der Waals surface area contributed by atoms with Crippen LogP contribution >= 0.6 is 0 Å². The molecule has 24 heavy (non-hydrogen) atoms. The molecule has 3 unspecified atom stereocenters. The summed E-state index contributed by atoms with van der Waals surface area (Å²) in [7, 11) is 1.52. The fourth-order valence-corrected chi connectivity index (χ4v) is 4.31. The number of nitrogens with one attached hydrogen (secondary N) is 1. The summed E-state index contributed by atoms with van der Waals surface area (Å²) < 4.78 is 10.8. The van der Waals surface area contributed by atoms with Crippen LogP contribution in [0.25, 0.3) is 0 Å². The molecule has 0 aromatic carbocycles. The number of methoxy groups -OCH3 is 1. The number of primary amides is 1. The fraction of sp³-hybridized carbons (Fsp3) is 0.533. The molecule has 4 atom stereocenters. The van der Waals surface area contributed by atoms with Crippen molar-refractivity contribution >= 4 is 17.7 Å². The van der Waals surface area contributed by atoms with Crippen LogP contribution in [0.1, 0.15) is 6.92 Å². The van der Waals surface area contributed by atoms with E-state index >= 15 is 0 Å². The molecule has 0 spiro atoms. The molecule has 3 aliphatic heterocycles. The third kappa shape index (κ3) is 1.58. The van der Waals surface area contributed by atoms with Crippen LogP contribution < -0.4 is 16.8 Å². The van der Waals surface area contributed by atoms with E-state index in [1.54, 1.807) is 0 Å². The van der Waals surface area contributed by atoms with E-state index in [9.17, 15) is 14.4 Å². The Bertz CT molecular complexity index is 757. The van der Waals surface area contributed by atoms with Crippen molar-refractivity contribution in [2.24, 2.45) is 17.4 Å². The Morgan fingerprint density at radius 3 is 2.75 bits per heavy atom. The van der Waals surface area contributed by atoms with Gasteiger partial charge in [0.15, 0.2) is 5.72 Å². The number of hydrogen-bond acceptors (Lipinski definition) is 8. The summed E-state index contributed by atoms with van der Waals surface area (Å²) in [4.78, 5) is 38.4. The highest BCUT2D eigenvalue weighted by molar-refractivity contribution is 6.25. The summed E-state index contributed by atoms with van der Waals surface area (Å²) >= 11 is 0. The number of fused-ring (bicyclic) bond motifs is 4. The Balaban J connectivity index is 1.85. The molecule has 0 saturated carbocycles. The zero-order chi connectivity index (χ0) is 17.4. The van der Waals surface area contributed by atoms with Crippen molar-refractivity contribution in [2.45, 2.75) is 24.7 Å². The van der Waals surface area contributed by atoms with E-state index in [4.69, 9.17) is 20.9 Å². The fourth-order valence-electron chi connectivity index (χ4n) is 4.31. The predicted octanol–water partition coefficient (Wildman–Crippen LogP) is -1.65. The minimum Gasteiger partial charge on any atom is -0.449 e. The van der Waals surface area contributed by atoms with Crippen molar-refractivity contribution in [3.05, 3.63) is 22.5 Å². The zero-order valence-corrected chi connectivity index (χ0v) is 13.3. The summed E-state index contributed by atoms with van der Waals surface area (Å²) in [6.07, 6.45) is -0.950. The number of rotatable bonds is 3. The average molecular weight is 334 g/mol. The van der Waals surface area contributed by atoms with Crippen LogP contribution in [-0.4, -0.2) is 60.6 Å². The summed E-state index contributed by atoms with van der Waals surface area (Å²) in [5.74, 6) is -1.34. The maximum absolute atomic E-state index is 12.8. The van der Waals surface area contributed by atoms with E-state index in [1.165, 1.54) is 14.0 Å². The number of ether oxygens (including phenoxy) is 2. The second kappa shape index (κ2) is 4.58. The molecule has 2 saturated heterocycles. The predicted molar refractivity (Wildman–Crippen MR) is 80.1 cm³/mol. The third-order valence-corrected chi connectivity index (χ3v) is 5.47. The molecular formula is C15H18N4O5. The van der Waals surface area contributed by atoms with Gasteiger partial charge in [0.2, 0.25) is 11.6 Å². The molecule has 4 rings (SSSR count). The van der Waals surface area contributed by atoms with E-state index < -0.39 is 23.5 Å². The largest absolute Gasteiger partial charge is 0.449 e. The van der Waals surface area contributed by atoms with Gasteiger partial charge >= 0.3 is 6.09 Å². The number of carbonyl (C=O) groups is 3. The van der Waals surface area contributed by atoms with Crippen LogP contribution in [-0.2, 0) is 19.1 Å². The number of carbonyl (C=O) groups excluding carboxylic acids is 3. The second-order valence-electron chi connectivity index (χ2n) is 6.46. The lowest BCUT2D eigenvalue weighted by Gasteiger charge is -2.39. The normalized spacial score (nSPS) is 36.8. The van der Waals surface area contributed by atoms with E-state index in [0.29, 0.717) is 12.2 Å². The standard InChI is InChI=1S/C15H18N4O5/c1-5-9(16)12(21)8-6(4-24-14(17)22)15(23-2)13-7(18-13)3-19(15)10(8)11(5)20/h6-7,13,18H,3-4,16H2,1-2H3,(H2,17,22)/t6?,7?,13?,15-/m0/s1. The Labute approximate surface area is 137 Å². The summed E-state index contributed by atoms with van der Waals surface area (Å²) in [5, 5.41) is 3.28. The minimum atomic E-state index is -0.957. The highest BCUT2D eigenvalue weighted by atomic mass is 16.6. The van der Waals surface area contributed by atoms with Gasteiger partial charge in [-0.3, -0.25) is 9.59 Å². The van der Waals surface area contributed by atoms with Gasteiger partial charge in [-0.15, -0.1) is 0 Å². The van der Waals surface area contributed by atoms with Crippen molar-refractivity contribution in [1.82, 2.24) is 10.2 Å². The summed E-state index contributed by atoms with van der Waals surface area (Å²) in [6.45, 7) is 1.92. The summed E-state index contributed by atoms with van der Waals surface area (Å²) in [5.41, 5.74) is 10.7. The number of allylic oxidation sites excluding steroid dienone is 2. The molecule has 2 fully saturated rings. The second-order valence-corrected chi connectivity index (χ2v) is 6.46. The highest BCUT2D eigenvalue weighted by Gasteiger charge is 2.72. The van der Waals surface area contributed by atoms with Crippen molar-refractivity contribution in [1.29, 1.82) is 0 Å². The van der Waals surface area contributed by atoms with Gasteiger partial charge in [-0.2, -0.15) is 0 Å². The molecule has 3 heterocycles. The number of nitrogens with two attached hydrogens (primary N) is 2. The lowest BCUT2D eigenvalue weighted by atomic mass is 9.82. The maximum atomic E-state index is 12.8. The molecule has 4 aliphatic rings. The Morgan fingerprint density at radius 1 is 1.42 bits per heavy atom. The molecule has 1 amide bonds. The SMILES string of the molecule is CO[C@]12C(COC(N)=O)C3=C(C(=O)C(C)=C(N)C3=O)N1CC1NC12. The lowest BCUT2D eigenvalue weighted by molar-refractivity contribution is -0.137. The lowest BCUT2D eigenvalue weighted by Crippen LogP contribution is -2.55. The quantitative estimate of drug-likeness (QED) is 0.411. The smallest absolute Gasteiger partial charge is 0.404 e.